The third-order valence-corrected chi connectivity index (χ3v) is 3.80. The fraction of sp³-hybridized carbons (Fsp3) is 0.500. The molecule has 1 saturated heterocycles. The molecule has 1 unspecified atom stereocenters. The average Bonchev–Trinajstić information content (AvgIpc) is 2.52. The van der Waals surface area contributed by atoms with Crippen LogP contribution >= 0.6 is 0 Å². The van der Waals surface area contributed by atoms with Gasteiger partial charge >= 0.3 is 5.97 Å². The number of amides is 1. The van der Waals surface area contributed by atoms with Gasteiger partial charge in [-0.05, 0) is 37.3 Å². The zero-order chi connectivity index (χ0) is 15.2. The molecule has 5 heteroatoms. The van der Waals surface area contributed by atoms with Crippen LogP contribution in [-0.4, -0.2) is 48.2 Å². The molecule has 2 rings (SSSR count). The molecule has 1 heterocycles. The molecule has 1 atom stereocenters. The average molecular weight is 291 g/mol. The first-order valence-electron chi connectivity index (χ1n) is 7.27. The molecule has 1 aromatic carbocycles. The van der Waals surface area contributed by atoms with Gasteiger partial charge in [-0.25, -0.2) is 4.79 Å². The minimum Gasteiger partial charge on any atom is -0.478 e. The second-order valence-electron chi connectivity index (χ2n) is 5.33. The summed E-state index contributed by atoms with van der Waals surface area (Å²) in [7, 11) is 1.74. The fourth-order valence-corrected chi connectivity index (χ4v) is 2.53. The molecule has 0 aliphatic carbocycles. The Labute approximate surface area is 124 Å². The molecular weight excluding hydrogens is 270 g/mol. The molecule has 5 nitrogen and oxygen atoms in total. The summed E-state index contributed by atoms with van der Waals surface area (Å²) in [6.07, 6.45) is 3.00. The van der Waals surface area contributed by atoms with E-state index in [2.05, 4.69) is 0 Å². The summed E-state index contributed by atoms with van der Waals surface area (Å²) in [5.41, 5.74) is 1.04. The Morgan fingerprint density at radius 1 is 1.33 bits per heavy atom. The summed E-state index contributed by atoms with van der Waals surface area (Å²) < 4.78 is 5.49. The van der Waals surface area contributed by atoms with Crippen LogP contribution in [0.4, 0.5) is 0 Å². The lowest BCUT2D eigenvalue weighted by Crippen LogP contribution is -2.40. The summed E-state index contributed by atoms with van der Waals surface area (Å²) in [6, 6.07) is 6.90. The largest absolute Gasteiger partial charge is 0.478 e. The van der Waals surface area contributed by atoms with Crippen molar-refractivity contribution in [3.8, 4) is 0 Å². The zero-order valence-electron chi connectivity index (χ0n) is 12.2. The molecule has 114 valence electrons. The molecule has 1 aromatic rings. The molecule has 1 N–H and O–H groups in total. The van der Waals surface area contributed by atoms with Gasteiger partial charge in [0.25, 0.3) is 5.91 Å². The highest BCUT2D eigenvalue weighted by molar-refractivity contribution is 5.89. The van der Waals surface area contributed by atoms with Gasteiger partial charge in [-0.15, -0.1) is 0 Å². The topological polar surface area (TPSA) is 66.8 Å². The highest BCUT2D eigenvalue weighted by Gasteiger charge is 2.24. The third kappa shape index (κ3) is 4.04. The Balaban J connectivity index is 1.93. The Hall–Kier alpha value is -1.88. The van der Waals surface area contributed by atoms with E-state index in [0.717, 1.165) is 24.8 Å². The maximum Gasteiger partial charge on any atom is 0.335 e. The molecule has 0 bridgehead atoms. The first kappa shape index (κ1) is 15.5. The van der Waals surface area contributed by atoms with Crippen molar-refractivity contribution in [3.05, 3.63) is 35.4 Å². The van der Waals surface area contributed by atoms with Gasteiger partial charge in [0.15, 0.2) is 0 Å². The van der Waals surface area contributed by atoms with Gasteiger partial charge in [-0.2, -0.15) is 0 Å². The van der Waals surface area contributed by atoms with Crippen LogP contribution in [0.2, 0.25) is 0 Å². The minimum absolute atomic E-state index is 0.0116. The van der Waals surface area contributed by atoms with Gasteiger partial charge in [-0.1, -0.05) is 18.2 Å². The molecule has 1 fully saturated rings. The number of hydrogen-bond donors (Lipinski definition) is 1. The van der Waals surface area contributed by atoms with Gasteiger partial charge in [0, 0.05) is 20.2 Å². The van der Waals surface area contributed by atoms with Gasteiger partial charge in [-0.3, -0.25) is 4.79 Å². The van der Waals surface area contributed by atoms with Gasteiger partial charge < -0.3 is 14.7 Å². The van der Waals surface area contributed by atoms with E-state index in [1.807, 2.05) is 6.07 Å². The van der Waals surface area contributed by atoms with Crippen LogP contribution in [0.15, 0.2) is 24.3 Å². The molecular formula is C16H21NO4. The molecule has 1 aliphatic rings. The number of ether oxygens (including phenoxy) is 1. The molecule has 0 saturated carbocycles. The third-order valence-electron chi connectivity index (χ3n) is 3.80. The van der Waals surface area contributed by atoms with Crippen molar-refractivity contribution in [2.45, 2.75) is 31.8 Å². The van der Waals surface area contributed by atoms with Gasteiger partial charge in [0.1, 0.15) is 6.10 Å². The normalized spacial score (nSPS) is 18.2. The number of benzene rings is 1. The number of hydrogen-bond acceptors (Lipinski definition) is 3. The lowest BCUT2D eigenvalue weighted by molar-refractivity contribution is -0.145. The van der Waals surface area contributed by atoms with Crippen LogP contribution < -0.4 is 0 Å². The van der Waals surface area contributed by atoms with E-state index in [1.165, 1.54) is 0 Å². The van der Waals surface area contributed by atoms with Crippen LogP contribution in [0.3, 0.4) is 0 Å². The fourth-order valence-electron chi connectivity index (χ4n) is 2.53. The van der Waals surface area contributed by atoms with E-state index < -0.39 is 5.97 Å². The van der Waals surface area contributed by atoms with Crippen LogP contribution in [-0.2, 0) is 16.0 Å². The van der Waals surface area contributed by atoms with Crippen LogP contribution in [0.5, 0.6) is 0 Å². The number of carbonyl (C=O) groups is 2. The van der Waals surface area contributed by atoms with E-state index in [1.54, 1.807) is 30.1 Å². The van der Waals surface area contributed by atoms with Gasteiger partial charge in [0.05, 0.1) is 5.56 Å². The predicted molar refractivity (Wildman–Crippen MR) is 78.3 cm³/mol. The van der Waals surface area contributed by atoms with Crippen molar-refractivity contribution in [2.24, 2.45) is 0 Å². The smallest absolute Gasteiger partial charge is 0.335 e. The predicted octanol–water partition coefficient (Wildman–Crippen LogP) is 1.95. The standard InChI is InChI=1S/C16H21NO4/c1-17(15(18)14-8-4-5-11-21-14)10-9-12-6-2-3-7-13(12)16(19)20/h2-3,6-7,14H,4-5,8-11H2,1H3,(H,19,20). The van der Waals surface area contributed by atoms with E-state index in [4.69, 9.17) is 9.84 Å². The molecule has 1 amide bonds. The molecule has 0 spiro atoms. The van der Waals surface area contributed by atoms with E-state index in [0.29, 0.717) is 25.1 Å². The summed E-state index contributed by atoms with van der Waals surface area (Å²) in [5, 5.41) is 9.14. The molecule has 21 heavy (non-hydrogen) atoms. The van der Waals surface area contributed by atoms with Crippen molar-refractivity contribution < 1.29 is 19.4 Å². The van der Waals surface area contributed by atoms with Crippen molar-refractivity contribution >= 4 is 11.9 Å². The number of carbonyl (C=O) groups excluding carboxylic acids is 1. The minimum atomic E-state index is -0.935. The summed E-state index contributed by atoms with van der Waals surface area (Å²) in [5.74, 6) is -0.947. The highest BCUT2D eigenvalue weighted by Crippen LogP contribution is 2.15. The number of rotatable bonds is 5. The van der Waals surface area contributed by atoms with Crippen molar-refractivity contribution in [3.63, 3.8) is 0 Å². The summed E-state index contributed by atoms with van der Waals surface area (Å²) in [4.78, 5) is 25.0. The van der Waals surface area contributed by atoms with Crippen LogP contribution in [0.1, 0.15) is 35.2 Å². The number of carboxylic acids is 1. The second-order valence-corrected chi connectivity index (χ2v) is 5.33. The zero-order valence-corrected chi connectivity index (χ0v) is 12.2. The van der Waals surface area contributed by atoms with E-state index in [9.17, 15) is 9.59 Å². The van der Waals surface area contributed by atoms with Gasteiger partial charge in [0.2, 0.25) is 0 Å². The maximum absolute atomic E-state index is 12.2. The number of aromatic carboxylic acids is 1. The van der Waals surface area contributed by atoms with Crippen LogP contribution in [0, 0.1) is 0 Å². The van der Waals surface area contributed by atoms with E-state index >= 15 is 0 Å². The Kier molecular flexibility index (Phi) is 5.33. The van der Waals surface area contributed by atoms with Crippen molar-refractivity contribution in [1.29, 1.82) is 0 Å². The second kappa shape index (κ2) is 7.22. The first-order chi connectivity index (χ1) is 10.1. The quantitative estimate of drug-likeness (QED) is 0.900. The summed E-state index contributed by atoms with van der Waals surface area (Å²) in [6.45, 7) is 1.13. The highest BCUT2D eigenvalue weighted by atomic mass is 16.5. The lowest BCUT2D eigenvalue weighted by atomic mass is 10.0. The number of carboxylic acid groups (broad SMARTS) is 1. The first-order valence-corrected chi connectivity index (χ1v) is 7.27. The van der Waals surface area contributed by atoms with Crippen LogP contribution in [0.25, 0.3) is 0 Å². The summed E-state index contributed by atoms with van der Waals surface area (Å²) >= 11 is 0. The lowest BCUT2D eigenvalue weighted by Gasteiger charge is -2.26. The Morgan fingerprint density at radius 3 is 2.76 bits per heavy atom. The Morgan fingerprint density at radius 2 is 2.10 bits per heavy atom. The maximum atomic E-state index is 12.2. The Bertz CT molecular complexity index is 509. The monoisotopic (exact) mass is 291 g/mol. The van der Waals surface area contributed by atoms with Crippen molar-refractivity contribution in [1.82, 2.24) is 4.90 Å². The molecule has 0 aromatic heterocycles. The SMILES string of the molecule is CN(CCc1ccccc1C(=O)O)C(=O)C1CCCCO1. The number of nitrogens with zero attached hydrogens (tertiary/aromatic N) is 1. The van der Waals surface area contributed by atoms with Crippen molar-refractivity contribution in [2.75, 3.05) is 20.2 Å². The molecule has 1 aliphatic heterocycles. The molecule has 0 radical (unpaired) electrons. The van der Waals surface area contributed by atoms with E-state index in [-0.39, 0.29) is 12.0 Å². The number of likely N-dealkylation sites (N-methyl/N-ethyl adjacent to an activating group) is 1.